The van der Waals surface area contributed by atoms with Crippen molar-refractivity contribution in [1.82, 2.24) is 4.57 Å². The highest BCUT2D eigenvalue weighted by atomic mass is 15.3. The minimum Gasteiger partial charge on any atom is -0.335 e. The van der Waals surface area contributed by atoms with Crippen LogP contribution < -0.4 is 26.2 Å². The van der Waals surface area contributed by atoms with Crippen LogP contribution in [0.5, 0.6) is 0 Å². The number of aryl methyl sites for hydroxylation is 2. The summed E-state index contributed by atoms with van der Waals surface area (Å²) in [7, 11) is 0. The number of aromatic nitrogens is 1. The first-order valence-corrected chi connectivity index (χ1v) is 20.1. The number of rotatable bonds is 3. The Bertz CT molecular complexity index is 2700. The van der Waals surface area contributed by atoms with Gasteiger partial charge in [0.2, 0.25) is 0 Å². The summed E-state index contributed by atoms with van der Waals surface area (Å²) in [5, 5.41) is 2.66. The van der Waals surface area contributed by atoms with Crippen molar-refractivity contribution in [1.29, 1.82) is 0 Å². The predicted molar refractivity (Wildman–Crippen MR) is 231 cm³/mol. The van der Waals surface area contributed by atoms with Crippen LogP contribution in [0.2, 0.25) is 0 Å². The summed E-state index contributed by atoms with van der Waals surface area (Å²) in [5.74, 6) is 0. The maximum absolute atomic E-state index is 2.88. The predicted octanol–water partition coefficient (Wildman–Crippen LogP) is 11.1. The SMILES string of the molecule is Cc1cccc(N(c2cccc(C)c2)c2cc3c4c(c2)-n2c5ccccc5c5cccc(c52)B4c2cc(C(C)(C)C)cc4c2N3C2(C)CCCCC42C)c1. The topological polar surface area (TPSA) is 11.4 Å². The van der Waals surface area contributed by atoms with Gasteiger partial charge in [0, 0.05) is 50.1 Å². The molecule has 266 valence electrons. The normalized spacial score (nSPS) is 20.6. The van der Waals surface area contributed by atoms with Gasteiger partial charge in [0.1, 0.15) is 0 Å². The van der Waals surface area contributed by atoms with Crippen molar-refractivity contribution in [2.45, 2.75) is 90.5 Å². The van der Waals surface area contributed by atoms with Crippen LogP contribution >= 0.6 is 0 Å². The van der Waals surface area contributed by atoms with Crippen molar-refractivity contribution in [3.63, 3.8) is 0 Å². The number of fused-ring (bicyclic) bond motifs is 10. The number of benzene rings is 6. The fourth-order valence-corrected chi connectivity index (χ4v) is 11.3. The molecule has 0 bridgehead atoms. The minimum atomic E-state index is -0.0568. The van der Waals surface area contributed by atoms with E-state index in [0.29, 0.717) is 0 Å². The minimum absolute atomic E-state index is 0.0328. The second-order valence-electron chi connectivity index (χ2n) is 18.3. The Morgan fingerprint density at radius 1 is 0.648 bits per heavy atom. The van der Waals surface area contributed by atoms with Gasteiger partial charge in [0.15, 0.2) is 0 Å². The molecule has 0 radical (unpaired) electrons. The van der Waals surface area contributed by atoms with E-state index in [1.807, 2.05) is 0 Å². The van der Waals surface area contributed by atoms with E-state index in [-0.39, 0.29) is 23.1 Å². The van der Waals surface area contributed by atoms with Crippen LogP contribution in [0.25, 0.3) is 27.5 Å². The molecular formula is C50H48BN3. The molecule has 1 aliphatic carbocycles. The Labute approximate surface area is 320 Å². The summed E-state index contributed by atoms with van der Waals surface area (Å²) in [6.07, 6.45) is 4.93. The van der Waals surface area contributed by atoms with E-state index in [9.17, 15) is 0 Å². The second kappa shape index (κ2) is 10.7. The molecule has 2 unspecified atom stereocenters. The van der Waals surface area contributed by atoms with Crippen LogP contribution in [-0.4, -0.2) is 16.8 Å². The van der Waals surface area contributed by atoms with E-state index in [4.69, 9.17) is 0 Å². The summed E-state index contributed by atoms with van der Waals surface area (Å²) in [6.45, 7) is 17.0. The van der Waals surface area contributed by atoms with E-state index >= 15 is 0 Å². The lowest BCUT2D eigenvalue weighted by atomic mass is 9.33. The van der Waals surface area contributed by atoms with E-state index in [0.717, 1.165) is 0 Å². The van der Waals surface area contributed by atoms with Gasteiger partial charge < -0.3 is 14.4 Å². The molecule has 54 heavy (non-hydrogen) atoms. The highest BCUT2D eigenvalue weighted by molar-refractivity contribution is 7.00. The van der Waals surface area contributed by atoms with Crippen LogP contribution in [0.1, 0.15) is 82.6 Å². The summed E-state index contributed by atoms with van der Waals surface area (Å²) < 4.78 is 2.63. The first-order valence-electron chi connectivity index (χ1n) is 20.1. The van der Waals surface area contributed by atoms with Crippen LogP contribution in [0.3, 0.4) is 0 Å². The highest BCUT2D eigenvalue weighted by Gasteiger charge is 2.61. The van der Waals surface area contributed by atoms with Crippen LogP contribution in [0.15, 0.2) is 115 Å². The molecule has 0 spiro atoms. The van der Waals surface area contributed by atoms with Crippen LogP contribution in [-0.2, 0) is 10.8 Å². The van der Waals surface area contributed by atoms with Crippen molar-refractivity contribution in [2.75, 3.05) is 9.80 Å². The Kier molecular flexibility index (Phi) is 6.40. The molecule has 2 atom stereocenters. The molecule has 0 amide bonds. The summed E-state index contributed by atoms with van der Waals surface area (Å²) in [5.41, 5.74) is 20.3. The fourth-order valence-electron chi connectivity index (χ4n) is 11.3. The van der Waals surface area contributed by atoms with Crippen LogP contribution in [0, 0.1) is 13.8 Å². The first kappa shape index (κ1) is 32.2. The summed E-state index contributed by atoms with van der Waals surface area (Å²) in [4.78, 5) is 5.39. The maximum atomic E-state index is 2.88. The van der Waals surface area contributed by atoms with Crippen molar-refractivity contribution < 1.29 is 0 Å². The lowest BCUT2D eigenvalue weighted by molar-refractivity contribution is 0.195. The van der Waals surface area contributed by atoms with Gasteiger partial charge in [-0.25, -0.2) is 0 Å². The van der Waals surface area contributed by atoms with Crippen molar-refractivity contribution in [3.8, 4) is 5.69 Å². The number of anilines is 5. The van der Waals surface area contributed by atoms with Gasteiger partial charge in [-0.15, -0.1) is 0 Å². The molecule has 6 aromatic carbocycles. The molecule has 11 rings (SSSR count). The number of para-hydroxylation sites is 2. The van der Waals surface area contributed by atoms with Gasteiger partial charge in [-0.1, -0.05) is 113 Å². The molecule has 1 saturated carbocycles. The molecule has 0 N–H and O–H groups in total. The standard InChI is InChI=1S/C50H48BN3/c1-31-15-12-17-34(25-31)52(35-18-13-16-32(2)26-35)36-29-43-45-44(30-36)54-47-39(49(6)23-10-11-24-50(49,54)7)27-33(48(3,4)5)28-41(47)51(45)40-21-14-20-38-37-19-8-9-22-42(37)53(43)46(38)40/h8-9,12-22,25-30H,10-11,23-24H2,1-7H3. The molecule has 3 nitrogen and oxygen atoms in total. The van der Waals surface area contributed by atoms with E-state index in [2.05, 4.69) is 178 Å². The monoisotopic (exact) mass is 701 g/mol. The van der Waals surface area contributed by atoms with Crippen molar-refractivity contribution >= 4 is 73.3 Å². The zero-order valence-electron chi connectivity index (χ0n) is 32.7. The molecule has 0 saturated heterocycles. The van der Waals surface area contributed by atoms with E-state index < -0.39 is 0 Å². The third-order valence-corrected chi connectivity index (χ3v) is 14.1. The average molecular weight is 702 g/mol. The van der Waals surface area contributed by atoms with Gasteiger partial charge in [0.25, 0.3) is 6.71 Å². The van der Waals surface area contributed by atoms with Gasteiger partial charge in [0.05, 0.1) is 16.7 Å². The smallest absolute Gasteiger partial charge is 0.252 e. The second-order valence-corrected chi connectivity index (χ2v) is 18.3. The molecule has 7 aromatic rings. The largest absolute Gasteiger partial charge is 0.335 e. The molecular weight excluding hydrogens is 653 g/mol. The zero-order chi connectivity index (χ0) is 36.9. The van der Waals surface area contributed by atoms with Crippen molar-refractivity contribution in [2.24, 2.45) is 0 Å². The third-order valence-electron chi connectivity index (χ3n) is 14.1. The van der Waals surface area contributed by atoms with Gasteiger partial charge in [-0.3, -0.25) is 0 Å². The molecule has 1 fully saturated rings. The Hall–Kier alpha value is -5.22. The molecule has 4 aliphatic rings. The van der Waals surface area contributed by atoms with Gasteiger partial charge in [-0.2, -0.15) is 0 Å². The third kappa shape index (κ3) is 4.04. The fraction of sp³-hybridized carbons (Fsp3) is 0.280. The first-order chi connectivity index (χ1) is 26.0. The maximum Gasteiger partial charge on any atom is 0.252 e. The van der Waals surface area contributed by atoms with Crippen LogP contribution in [0.4, 0.5) is 28.4 Å². The molecule has 1 aromatic heterocycles. The molecule has 3 aliphatic heterocycles. The number of nitrogens with zero attached hydrogens (tertiary/aromatic N) is 3. The quantitative estimate of drug-likeness (QED) is 0.170. The highest BCUT2D eigenvalue weighted by Crippen LogP contribution is 2.62. The van der Waals surface area contributed by atoms with Gasteiger partial charge in [-0.05, 0) is 120 Å². The summed E-state index contributed by atoms with van der Waals surface area (Å²) >= 11 is 0. The number of hydrogen-bond donors (Lipinski definition) is 0. The van der Waals surface area contributed by atoms with Gasteiger partial charge >= 0.3 is 0 Å². The van der Waals surface area contributed by atoms with E-state index in [1.54, 1.807) is 5.56 Å². The lowest BCUT2D eigenvalue weighted by Gasteiger charge is -2.52. The lowest BCUT2D eigenvalue weighted by Crippen LogP contribution is -2.64. The van der Waals surface area contributed by atoms with E-state index in [1.165, 1.54) is 115 Å². The van der Waals surface area contributed by atoms with Crippen molar-refractivity contribution in [3.05, 3.63) is 138 Å². The Balaban J connectivity index is 1.32. The zero-order valence-corrected chi connectivity index (χ0v) is 32.7. The average Bonchev–Trinajstić information content (AvgIpc) is 3.59. The Morgan fingerprint density at radius 3 is 2.04 bits per heavy atom. The molecule has 4 heterocycles. The summed E-state index contributed by atoms with van der Waals surface area (Å²) in [6, 6.07) is 44.6. The molecule has 4 heteroatoms. The Morgan fingerprint density at radius 2 is 1.31 bits per heavy atom. The number of hydrogen-bond acceptors (Lipinski definition) is 2.